The molecule has 0 unspecified atom stereocenters. The van der Waals surface area contributed by atoms with Crippen molar-refractivity contribution < 1.29 is 0 Å². The first kappa shape index (κ1) is 15.2. The average Bonchev–Trinajstić information content (AvgIpc) is 2.32. The summed E-state index contributed by atoms with van der Waals surface area (Å²) < 4.78 is 0. The van der Waals surface area contributed by atoms with E-state index in [0.717, 1.165) is 13.1 Å². The molecule has 0 saturated carbocycles. The van der Waals surface area contributed by atoms with Gasteiger partial charge in [0, 0.05) is 25.5 Å². The van der Waals surface area contributed by atoms with Gasteiger partial charge in [0.15, 0.2) is 0 Å². The molecule has 1 heterocycles. The summed E-state index contributed by atoms with van der Waals surface area (Å²) in [5, 5.41) is 3.57. The molecule has 0 aliphatic carbocycles. The number of unbranched alkanes of at least 4 members (excludes halogenated alkanes) is 2. The van der Waals surface area contributed by atoms with Crippen LogP contribution in [0.1, 0.15) is 57.6 Å². The normalized spacial score (nSPS) is 11.8. The van der Waals surface area contributed by atoms with E-state index in [1.165, 1.54) is 36.8 Å². The zero-order valence-corrected chi connectivity index (χ0v) is 12.4. The molecule has 1 rings (SSSR count). The summed E-state index contributed by atoms with van der Waals surface area (Å²) in [6.07, 6.45) is 9.13. The molecule has 2 nitrogen and oxygen atoms in total. The Bertz CT molecular complexity index is 345. The van der Waals surface area contributed by atoms with Gasteiger partial charge in [0.2, 0.25) is 0 Å². The summed E-state index contributed by atoms with van der Waals surface area (Å²) in [5.74, 6) is 0. The minimum atomic E-state index is 0.394. The number of rotatable bonds is 8. The molecule has 0 aromatic carbocycles. The SMILES string of the molecule is CCCCCC(C)(C)CNCc1cnccc1C. The quantitative estimate of drug-likeness (QED) is 0.701. The molecule has 1 aromatic rings. The molecular formula is C16H28N2. The number of hydrogen-bond donors (Lipinski definition) is 1. The van der Waals surface area contributed by atoms with Gasteiger partial charge in [-0.3, -0.25) is 4.98 Å². The summed E-state index contributed by atoms with van der Waals surface area (Å²) in [5.41, 5.74) is 3.02. The zero-order chi connectivity index (χ0) is 13.4. The van der Waals surface area contributed by atoms with Crippen molar-refractivity contribution in [2.24, 2.45) is 5.41 Å². The maximum atomic E-state index is 4.18. The molecule has 0 radical (unpaired) electrons. The highest BCUT2D eigenvalue weighted by atomic mass is 14.9. The van der Waals surface area contributed by atoms with Crippen LogP contribution in [0.2, 0.25) is 0 Å². The van der Waals surface area contributed by atoms with Crippen molar-refractivity contribution in [2.75, 3.05) is 6.54 Å². The first-order valence-electron chi connectivity index (χ1n) is 7.15. The van der Waals surface area contributed by atoms with E-state index in [-0.39, 0.29) is 0 Å². The Kier molecular flexibility index (Phi) is 6.34. The topological polar surface area (TPSA) is 24.9 Å². The molecule has 0 fully saturated rings. The van der Waals surface area contributed by atoms with Crippen molar-refractivity contribution in [1.29, 1.82) is 0 Å². The lowest BCUT2D eigenvalue weighted by Crippen LogP contribution is -2.29. The summed E-state index contributed by atoms with van der Waals surface area (Å²) in [7, 11) is 0. The van der Waals surface area contributed by atoms with Gasteiger partial charge in [-0.2, -0.15) is 0 Å². The Labute approximate surface area is 112 Å². The van der Waals surface area contributed by atoms with Crippen molar-refractivity contribution in [3.8, 4) is 0 Å². The van der Waals surface area contributed by atoms with Crippen LogP contribution in [0, 0.1) is 12.3 Å². The van der Waals surface area contributed by atoms with Gasteiger partial charge in [0.1, 0.15) is 0 Å². The molecule has 2 heteroatoms. The van der Waals surface area contributed by atoms with Gasteiger partial charge < -0.3 is 5.32 Å². The van der Waals surface area contributed by atoms with Crippen LogP contribution in [-0.4, -0.2) is 11.5 Å². The Balaban J connectivity index is 2.30. The number of pyridine rings is 1. The Morgan fingerprint density at radius 3 is 2.72 bits per heavy atom. The minimum absolute atomic E-state index is 0.394. The van der Waals surface area contributed by atoms with E-state index >= 15 is 0 Å². The Hall–Kier alpha value is -0.890. The molecule has 0 spiro atoms. The van der Waals surface area contributed by atoms with E-state index in [4.69, 9.17) is 0 Å². The van der Waals surface area contributed by atoms with E-state index in [0.29, 0.717) is 5.41 Å². The van der Waals surface area contributed by atoms with Gasteiger partial charge in [-0.15, -0.1) is 0 Å². The molecule has 1 aromatic heterocycles. The van der Waals surface area contributed by atoms with Crippen LogP contribution in [0.5, 0.6) is 0 Å². The van der Waals surface area contributed by atoms with Gasteiger partial charge >= 0.3 is 0 Å². The highest BCUT2D eigenvalue weighted by molar-refractivity contribution is 5.20. The molecule has 0 saturated heterocycles. The van der Waals surface area contributed by atoms with Crippen molar-refractivity contribution in [3.63, 3.8) is 0 Å². The van der Waals surface area contributed by atoms with Gasteiger partial charge in [-0.1, -0.05) is 40.0 Å². The van der Waals surface area contributed by atoms with E-state index in [1.54, 1.807) is 0 Å². The van der Waals surface area contributed by atoms with Crippen LogP contribution in [0.4, 0.5) is 0 Å². The first-order chi connectivity index (χ1) is 8.55. The first-order valence-corrected chi connectivity index (χ1v) is 7.15. The largest absolute Gasteiger partial charge is 0.312 e. The fourth-order valence-electron chi connectivity index (χ4n) is 2.16. The monoisotopic (exact) mass is 248 g/mol. The lowest BCUT2D eigenvalue weighted by atomic mass is 9.87. The average molecular weight is 248 g/mol. The minimum Gasteiger partial charge on any atom is -0.312 e. The molecule has 0 aliphatic heterocycles. The second-order valence-corrected chi connectivity index (χ2v) is 6.03. The smallest absolute Gasteiger partial charge is 0.0315 e. The molecule has 0 amide bonds. The van der Waals surface area contributed by atoms with E-state index in [9.17, 15) is 0 Å². The third-order valence-corrected chi connectivity index (χ3v) is 3.52. The summed E-state index contributed by atoms with van der Waals surface area (Å²) in [4.78, 5) is 4.18. The summed E-state index contributed by atoms with van der Waals surface area (Å²) in [6.45, 7) is 11.1. The summed E-state index contributed by atoms with van der Waals surface area (Å²) >= 11 is 0. The fraction of sp³-hybridized carbons (Fsp3) is 0.688. The Morgan fingerprint density at radius 1 is 1.28 bits per heavy atom. The van der Waals surface area contributed by atoms with E-state index in [1.807, 2.05) is 12.4 Å². The predicted octanol–water partition coefficient (Wildman–Crippen LogP) is 4.09. The van der Waals surface area contributed by atoms with Crippen molar-refractivity contribution in [1.82, 2.24) is 10.3 Å². The number of hydrogen-bond acceptors (Lipinski definition) is 2. The van der Waals surface area contributed by atoms with Crippen molar-refractivity contribution in [2.45, 2.75) is 59.9 Å². The lowest BCUT2D eigenvalue weighted by Gasteiger charge is -2.25. The summed E-state index contributed by atoms with van der Waals surface area (Å²) in [6, 6.07) is 2.07. The molecule has 18 heavy (non-hydrogen) atoms. The second kappa shape index (κ2) is 7.52. The van der Waals surface area contributed by atoms with Gasteiger partial charge in [0.25, 0.3) is 0 Å². The molecule has 0 aliphatic rings. The molecule has 0 bridgehead atoms. The molecule has 0 atom stereocenters. The number of aryl methyl sites for hydroxylation is 1. The maximum Gasteiger partial charge on any atom is 0.0315 e. The van der Waals surface area contributed by atoms with Crippen molar-refractivity contribution in [3.05, 3.63) is 29.6 Å². The predicted molar refractivity (Wildman–Crippen MR) is 78.6 cm³/mol. The highest BCUT2D eigenvalue weighted by Gasteiger charge is 2.16. The third kappa shape index (κ3) is 5.63. The van der Waals surface area contributed by atoms with Gasteiger partial charge in [0.05, 0.1) is 0 Å². The Morgan fingerprint density at radius 2 is 2.06 bits per heavy atom. The van der Waals surface area contributed by atoms with Gasteiger partial charge in [-0.25, -0.2) is 0 Å². The maximum absolute atomic E-state index is 4.18. The standard InChI is InChI=1S/C16H28N2/c1-5-6-7-9-16(3,4)13-18-12-15-11-17-10-8-14(15)2/h8,10-11,18H,5-7,9,12-13H2,1-4H3. The van der Waals surface area contributed by atoms with Crippen molar-refractivity contribution >= 4 is 0 Å². The number of nitrogens with zero attached hydrogens (tertiary/aromatic N) is 1. The number of aromatic nitrogens is 1. The molecular weight excluding hydrogens is 220 g/mol. The third-order valence-electron chi connectivity index (χ3n) is 3.52. The fourth-order valence-corrected chi connectivity index (χ4v) is 2.16. The van der Waals surface area contributed by atoms with E-state index in [2.05, 4.69) is 44.1 Å². The highest BCUT2D eigenvalue weighted by Crippen LogP contribution is 2.22. The molecule has 102 valence electrons. The second-order valence-electron chi connectivity index (χ2n) is 6.03. The van der Waals surface area contributed by atoms with Crippen LogP contribution in [0.15, 0.2) is 18.5 Å². The van der Waals surface area contributed by atoms with Crippen LogP contribution in [0.25, 0.3) is 0 Å². The number of nitrogens with one attached hydrogen (secondary N) is 1. The lowest BCUT2D eigenvalue weighted by molar-refractivity contribution is 0.302. The van der Waals surface area contributed by atoms with Crippen LogP contribution < -0.4 is 5.32 Å². The van der Waals surface area contributed by atoms with E-state index < -0.39 is 0 Å². The van der Waals surface area contributed by atoms with Gasteiger partial charge in [-0.05, 0) is 36.0 Å². The molecule has 1 N–H and O–H groups in total. The van der Waals surface area contributed by atoms with Crippen LogP contribution >= 0.6 is 0 Å². The van der Waals surface area contributed by atoms with Crippen LogP contribution in [0.3, 0.4) is 0 Å². The zero-order valence-electron chi connectivity index (χ0n) is 12.4. The van der Waals surface area contributed by atoms with Crippen LogP contribution in [-0.2, 0) is 6.54 Å².